The standard InChI is InChI=1S/C38H72NO12P/c1-3-5-7-9-11-12-13-14-15-16-17-18-20-22-24-26-31(41)30(39-32(42)27-29(40)25-23-21-19-10-8-6-4-2)28-50-52(48,49)51-38-36(46)34(44)33(43)35(45)37(38)47/h17-18,24,26,29-31,33-38,40-41,43-47H,3-16,19-23,25,27-28H2,1-2H3,(H,39,42)(H,48,49)/b18-17+,26-24+. The van der Waals surface area contributed by atoms with Gasteiger partial charge in [-0.25, -0.2) is 4.57 Å². The Morgan fingerprint density at radius 2 is 1.13 bits per heavy atom. The maximum absolute atomic E-state index is 12.8. The van der Waals surface area contributed by atoms with Gasteiger partial charge in [0.05, 0.1) is 31.3 Å². The predicted molar refractivity (Wildman–Crippen MR) is 201 cm³/mol. The number of aliphatic hydroxyl groups is 7. The lowest BCUT2D eigenvalue weighted by molar-refractivity contribution is -0.220. The molecular formula is C38H72NO12P. The van der Waals surface area contributed by atoms with Crippen molar-refractivity contribution in [3.8, 4) is 0 Å². The van der Waals surface area contributed by atoms with E-state index in [1.54, 1.807) is 6.08 Å². The Balaban J connectivity index is 2.67. The number of carbonyl (C=O) groups is 1. The van der Waals surface area contributed by atoms with Crippen molar-refractivity contribution in [1.29, 1.82) is 0 Å². The van der Waals surface area contributed by atoms with Crippen molar-refractivity contribution in [3.63, 3.8) is 0 Å². The molecule has 0 bridgehead atoms. The number of carbonyl (C=O) groups excluding carboxylic acids is 1. The molecule has 0 aromatic heterocycles. The van der Waals surface area contributed by atoms with Crippen LogP contribution in [-0.4, -0.2) is 108 Å². The van der Waals surface area contributed by atoms with Crippen LogP contribution < -0.4 is 5.32 Å². The van der Waals surface area contributed by atoms with E-state index < -0.39 is 75.2 Å². The van der Waals surface area contributed by atoms with Crippen LogP contribution in [-0.2, 0) is 18.4 Å². The van der Waals surface area contributed by atoms with Crippen molar-refractivity contribution in [2.45, 2.75) is 204 Å². The Morgan fingerprint density at radius 1 is 0.673 bits per heavy atom. The van der Waals surface area contributed by atoms with E-state index >= 15 is 0 Å². The SMILES string of the molecule is CCCCCCCCCCC/C=C/CC/C=C/C(O)C(COP(=O)(O)OC1C(O)C(O)C(O)C(O)C1O)NC(=O)CC(O)CCCCCCCCC. The second kappa shape index (κ2) is 29.1. The molecule has 1 aliphatic rings. The number of phosphoric ester groups is 1. The van der Waals surface area contributed by atoms with Crippen molar-refractivity contribution in [2.75, 3.05) is 6.61 Å². The molecule has 0 heterocycles. The molecule has 0 aromatic rings. The smallest absolute Gasteiger partial charge is 0.393 e. The monoisotopic (exact) mass is 765 g/mol. The van der Waals surface area contributed by atoms with Crippen LogP contribution in [0.2, 0.25) is 0 Å². The summed E-state index contributed by atoms with van der Waals surface area (Å²) in [5.74, 6) is -0.608. The van der Waals surface area contributed by atoms with Crippen molar-refractivity contribution in [3.05, 3.63) is 24.3 Å². The van der Waals surface area contributed by atoms with Gasteiger partial charge in [0.1, 0.15) is 36.6 Å². The van der Waals surface area contributed by atoms with Gasteiger partial charge in [0.2, 0.25) is 5.91 Å². The molecule has 1 amide bonds. The number of aliphatic hydroxyl groups excluding tert-OH is 7. The molecule has 0 spiro atoms. The zero-order valence-corrected chi connectivity index (χ0v) is 32.6. The number of rotatable bonds is 31. The summed E-state index contributed by atoms with van der Waals surface area (Å²) < 4.78 is 22.7. The molecule has 0 saturated heterocycles. The highest BCUT2D eigenvalue weighted by atomic mass is 31.2. The summed E-state index contributed by atoms with van der Waals surface area (Å²) in [6.45, 7) is 3.63. The van der Waals surface area contributed by atoms with Crippen LogP contribution in [0, 0.1) is 0 Å². The van der Waals surface area contributed by atoms with Gasteiger partial charge in [-0.3, -0.25) is 13.8 Å². The van der Waals surface area contributed by atoms with Crippen LogP contribution in [0.4, 0.5) is 0 Å². The van der Waals surface area contributed by atoms with Gasteiger partial charge in [0.25, 0.3) is 0 Å². The summed E-state index contributed by atoms with van der Waals surface area (Å²) in [7, 11) is -5.13. The minimum absolute atomic E-state index is 0.252. The molecule has 1 fully saturated rings. The molecule has 8 unspecified atom stereocenters. The highest BCUT2D eigenvalue weighted by Crippen LogP contribution is 2.47. The van der Waals surface area contributed by atoms with Gasteiger partial charge in [-0.05, 0) is 32.1 Å². The quantitative estimate of drug-likeness (QED) is 0.0262. The number of nitrogens with one attached hydrogen (secondary N) is 1. The number of phosphoric acid groups is 1. The lowest BCUT2D eigenvalue weighted by Gasteiger charge is -2.41. The number of hydrogen-bond donors (Lipinski definition) is 9. The van der Waals surface area contributed by atoms with Gasteiger partial charge >= 0.3 is 7.82 Å². The third-order valence-electron chi connectivity index (χ3n) is 9.54. The summed E-state index contributed by atoms with van der Waals surface area (Å²) in [5.41, 5.74) is 0. The van der Waals surface area contributed by atoms with E-state index in [-0.39, 0.29) is 6.42 Å². The maximum atomic E-state index is 12.8. The Hall–Kier alpha value is -1.22. The van der Waals surface area contributed by atoms with Crippen LogP contribution in [0.5, 0.6) is 0 Å². The van der Waals surface area contributed by atoms with Gasteiger partial charge in [0.15, 0.2) is 0 Å². The molecule has 1 rings (SSSR count). The Morgan fingerprint density at radius 3 is 1.69 bits per heavy atom. The summed E-state index contributed by atoms with van der Waals surface area (Å²) in [6.07, 6.45) is 14.6. The molecule has 306 valence electrons. The topological polar surface area (TPSA) is 226 Å². The van der Waals surface area contributed by atoms with Gasteiger partial charge in [-0.1, -0.05) is 134 Å². The molecular weight excluding hydrogens is 693 g/mol. The number of unbranched alkanes of at least 4 members (excludes halogenated alkanes) is 16. The summed E-state index contributed by atoms with van der Waals surface area (Å²) in [5, 5.41) is 73.9. The molecule has 9 N–H and O–H groups in total. The minimum atomic E-state index is -5.13. The number of allylic oxidation sites excluding steroid dienone is 3. The first-order chi connectivity index (χ1) is 24.8. The molecule has 8 atom stereocenters. The van der Waals surface area contributed by atoms with E-state index in [0.29, 0.717) is 12.8 Å². The van der Waals surface area contributed by atoms with Crippen molar-refractivity contribution in [2.24, 2.45) is 0 Å². The largest absolute Gasteiger partial charge is 0.472 e. The third kappa shape index (κ3) is 21.6. The van der Waals surface area contributed by atoms with E-state index in [0.717, 1.165) is 51.4 Å². The minimum Gasteiger partial charge on any atom is -0.393 e. The highest BCUT2D eigenvalue weighted by molar-refractivity contribution is 7.47. The Bertz CT molecular complexity index is 1000. The van der Waals surface area contributed by atoms with Crippen LogP contribution in [0.15, 0.2) is 24.3 Å². The van der Waals surface area contributed by atoms with E-state index in [1.807, 2.05) is 0 Å². The summed E-state index contributed by atoms with van der Waals surface area (Å²) >= 11 is 0. The third-order valence-corrected chi connectivity index (χ3v) is 10.5. The van der Waals surface area contributed by atoms with Crippen LogP contribution in [0.25, 0.3) is 0 Å². The molecule has 1 saturated carbocycles. The van der Waals surface area contributed by atoms with Crippen LogP contribution in [0.3, 0.4) is 0 Å². The fourth-order valence-corrected chi connectivity index (χ4v) is 7.16. The zero-order chi connectivity index (χ0) is 38.8. The fourth-order valence-electron chi connectivity index (χ4n) is 6.20. The molecule has 0 aromatic carbocycles. The van der Waals surface area contributed by atoms with Crippen LogP contribution >= 0.6 is 7.82 Å². The number of amides is 1. The number of hydrogen-bond acceptors (Lipinski definition) is 11. The maximum Gasteiger partial charge on any atom is 0.472 e. The first kappa shape index (κ1) is 48.8. The van der Waals surface area contributed by atoms with E-state index in [9.17, 15) is 50.0 Å². The van der Waals surface area contributed by atoms with Crippen LogP contribution in [0.1, 0.15) is 149 Å². The lowest BCUT2D eigenvalue weighted by Crippen LogP contribution is -2.64. The Kier molecular flexibility index (Phi) is 27.3. The normalized spacial score (nSPS) is 25.3. The van der Waals surface area contributed by atoms with Gasteiger partial charge in [-0.2, -0.15) is 0 Å². The first-order valence-electron chi connectivity index (χ1n) is 19.9. The van der Waals surface area contributed by atoms with Crippen molar-refractivity contribution in [1.82, 2.24) is 5.32 Å². The average Bonchev–Trinajstić information content (AvgIpc) is 3.11. The van der Waals surface area contributed by atoms with Gasteiger partial charge in [0, 0.05) is 0 Å². The van der Waals surface area contributed by atoms with Crippen molar-refractivity contribution < 1.29 is 59.0 Å². The molecule has 52 heavy (non-hydrogen) atoms. The highest BCUT2D eigenvalue weighted by Gasteiger charge is 2.51. The molecule has 14 heteroatoms. The average molecular weight is 766 g/mol. The molecule has 13 nitrogen and oxygen atoms in total. The van der Waals surface area contributed by atoms with E-state index in [2.05, 4.69) is 31.3 Å². The second-order valence-electron chi connectivity index (χ2n) is 14.3. The second-order valence-corrected chi connectivity index (χ2v) is 15.7. The fraction of sp³-hybridized carbons (Fsp3) is 0.868. The van der Waals surface area contributed by atoms with E-state index in [4.69, 9.17) is 9.05 Å². The van der Waals surface area contributed by atoms with Gasteiger partial charge < -0.3 is 46.0 Å². The van der Waals surface area contributed by atoms with Crippen molar-refractivity contribution >= 4 is 13.7 Å². The predicted octanol–water partition coefficient (Wildman–Crippen LogP) is 4.86. The summed E-state index contributed by atoms with van der Waals surface area (Å²) in [4.78, 5) is 23.2. The zero-order valence-electron chi connectivity index (χ0n) is 31.7. The summed E-state index contributed by atoms with van der Waals surface area (Å²) in [6, 6.07) is -1.25. The Labute approximate surface area is 312 Å². The molecule has 1 aliphatic carbocycles. The lowest BCUT2D eigenvalue weighted by atomic mass is 9.85. The first-order valence-corrected chi connectivity index (χ1v) is 21.4. The van der Waals surface area contributed by atoms with E-state index in [1.165, 1.54) is 70.3 Å². The molecule has 0 radical (unpaired) electrons. The molecule has 0 aliphatic heterocycles. The van der Waals surface area contributed by atoms with Gasteiger partial charge in [-0.15, -0.1) is 0 Å².